The number of carbonyl (C=O) groups is 2. The number of aliphatic carboxylic acids is 1. The zero-order valence-corrected chi connectivity index (χ0v) is 15.2. The van der Waals surface area contributed by atoms with E-state index in [2.05, 4.69) is 5.10 Å². The predicted octanol–water partition coefficient (Wildman–Crippen LogP) is 1.61. The molecule has 1 saturated heterocycles. The number of fused-ring (bicyclic) bond motifs is 3. The van der Waals surface area contributed by atoms with Gasteiger partial charge in [0.1, 0.15) is 17.7 Å². The molecule has 1 aromatic carbocycles. The Morgan fingerprint density at radius 3 is 2.93 bits per heavy atom. The van der Waals surface area contributed by atoms with Crippen molar-refractivity contribution in [2.75, 3.05) is 26.8 Å². The van der Waals surface area contributed by atoms with Crippen molar-refractivity contribution in [3.63, 3.8) is 0 Å². The minimum atomic E-state index is -1.17. The van der Waals surface area contributed by atoms with Gasteiger partial charge in [-0.25, -0.2) is 0 Å². The van der Waals surface area contributed by atoms with Crippen LogP contribution in [0.5, 0.6) is 11.5 Å². The molecule has 0 radical (unpaired) electrons. The van der Waals surface area contributed by atoms with Gasteiger partial charge in [-0.3, -0.25) is 14.3 Å². The topological polar surface area (TPSA) is 93.9 Å². The second-order valence-electron chi connectivity index (χ2n) is 6.90. The molecule has 27 heavy (non-hydrogen) atoms. The normalized spacial score (nSPS) is 23.3. The van der Waals surface area contributed by atoms with E-state index in [0.29, 0.717) is 30.3 Å². The number of carboxylic acid groups (broad SMARTS) is 1. The fourth-order valence-electron chi connectivity index (χ4n) is 4.14. The lowest BCUT2D eigenvalue weighted by Gasteiger charge is -2.36. The minimum absolute atomic E-state index is 0.00278. The Bertz CT molecular complexity index is 909. The molecular formula is C19H21N3O5. The molecule has 0 unspecified atom stereocenters. The lowest BCUT2D eigenvalue weighted by atomic mass is 9.73. The molecule has 4 rings (SSSR count). The summed E-state index contributed by atoms with van der Waals surface area (Å²) in [7, 11) is 1.55. The van der Waals surface area contributed by atoms with Crippen LogP contribution in [-0.2, 0) is 11.3 Å². The van der Waals surface area contributed by atoms with E-state index in [9.17, 15) is 14.7 Å². The molecular weight excluding hydrogens is 350 g/mol. The number of rotatable bonds is 4. The first-order valence-electron chi connectivity index (χ1n) is 8.86. The SMILES string of the molecule is CCn1nccc1C(=O)N1C[C@H]2c3cccc(OC)c3OC[C@@]2(C(=O)O)C1. The van der Waals surface area contributed by atoms with Gasteiger partial charge in [0.15, 0.2) is 11.5 Å². The average Bonchev–Trinajstić information content (AvgIpc) is 3.31. The van der Waals surface area contributed by atoms with Gasteiger partial charge in [0.25, 0.3) is 5.91 Å². The summed E-state index contributed by atoms with van der Waals surface area (Å²) in [6, 6.07) is 7.11. The molecule has 0 bridgehead atoms. The van der Waals surface area contributed by atoms with Crippen LogP contribution in [0.3, 0.4) is 0 Å². The highest BCUT2D eigenvalue weighted by molar-refractivity contribution is 5.94. The number of carbonyl (C=O) groups excluding carboxylic acids is 1. The number of ether oxygens (including phenoxy) is 2. The highest BCUT2D eigenvalue weighted by atomic mass is 16.5. The second kappa shape index (κ2) is 6.29. The number of benzene rings is 1. The first kappa shape index (κ1) is 17.4. The van der Waals surface area contributed by atoms with Crippen molar-refractivity contribution in [2.45, 2.75) is 19.4 Å². The Labute approximate surface area is 156 Å². The number of methoxy groups -OCH3 is 1. The first-order chi connectivity index (χ1) is 13.0. The zero-order chi connectivity index (χ0) is 19.2. The number of para-hydroxylation sites is 1. The van der Waals surface area contributed by atoms with E-state index < -0.39 is 11.4 Å². The van der Waals surface area contributed by atoms with Gasteiger partial charge < -0.3 is 19.5 Å². The lowest BCUT2D eigenvalue weighted by molar-refractivity contribution is -0.151. The molecule has 1 amide bonds. The van der Waals surface area contributed by atoms with E-state index in [-0.39, 0.29) is 25.0 Å². The summed E-state index contributed by atoms with van der Waals surface area (Å²) in [5.41, 5.74) is 0.0531. The van der Waals surface area contributed by atoms with E-state index >= 15 is 0 Å². The van der Waals surface area contributed by atoms with E-state index in [0.717, 1.165) is 5.56 Å². The van der Waals surface area contributed by atoms with E-state index in [4.69, 9.17) is 9.47 Å². The van der Waals surface area contributed by atoms with Crippen molar-refractivity contribution in [3.05, 3.63) is 41.7 Å². The maximum atomic E-state index is 13.0. The van der Waals surface area contributed by atoms with Crippen molar-refractivity contribution < 1.29 is 24.2 Å². The molecule has 2 aliphatic heterocycles. The number of aromatic nitrogens is 2. The molecule has 3 heterocycles. The number of nitrogens with zero attached hydrogens (tertiary/aromatic N) is 3. The molecule has 2 aliphatic rings. The number of aryl methyl sites for hydroxylation is 1. The third-order valence-corrected chi connectivity index (χ3v) is 5.57. The van der Waals surface area contributed by atoms with Crippen LogP contribution in [0.2, 0.25) is 0 Å². The molecule has 2 aromatic rings. The fraction of sp³-hybridized carbons (Fsp3) is 0.421. The van der Waals surface area contributed by atoms with Crippen molar-refractivity contribution in [3.8, 4) is 11.5 Å². The Morgan fingerprint density at radius 1 is 1.41 bits per heavy atom. The van der Waals surface area contributed by atoms with Crippen LogP contribution in [0.15, 0.2) is 30.5 Å². The van der Waals surface area contributed by atoms with Crippen LogP contribution < -0.4 is 9.47 Å². The maximum absolute atomic E-state index is 13.0. The minimum Gasteiger partial charge on any atom is -0.493 e. The van der Waals surface area contributed by atoms with Crippen LogP contribution in [0, 0.1) is 5.41 Å². The van der Waals surface area contributed by atoms with Crippen molar-refractivity contribution in [1.29, 1.82) is 0 Å². The van der Waals surface area contributed by atoms with Crippen LogP contribution >= 0.6 is 0 Å². The number of likely N-dealkylation sites (tertiary alicyclic amines) is 1. The monoisotopic (exact) mass is 371 g/mol. The highest BCUT2D eigenvalue weighted by Gasteiger charge is 2.58. The second-order valence-corrected chi connectivity index (χ2v) is 6.90. The Balaban J connectivity index is 1.73. The molecule has 1 aromatic heterocycles. The van der Waals surface area contributed by atoms with E-state index in [1.165, 1.54) is 0 Å². The van der Waals surface area contributed by atoms with Crippen LogP contribution in [0.25, 0.3) is 0 Å². The first-order valence-corrected chi connectivity index (χ1v) is 8.86. The van der Waals surface area contributed by atoms with Crippen molar-refractivity contribution in [2.24, 2.45) is 5.41 Å². The van der Waals surface area contributed by atoms with Gasteiger partial charge in [-0.2, -0.15) is 5.10 Å². The lowest BCUT2D eigenvalue weighted by Crippen LogP contribution is -2.46. The van der Waals surface area contributed by atoms with Gasteiger partial charge in [0.05, 0.1) is 7.11 Å². The van der Waals surface area contributed by atoms with Gasteiger partial charge in [-0.15, -0.1) is 0 Å². The summed E-state index contributed by atoms with van der Waals surface area (Å²) in [6.07, 6.45) is 1.58. The third-order valence-electron chi connectivity index (χ3n) is 5.57. The van der Waals surface area contributed by atoms with Gasteiger partial charge >= 0.3 is 5.97 Å². The molecule has 0 saturated carbocycles. The summed E-state index contributed by atoms with van der Waals surface area (Å²) in [5, 5.41) is 14.2. The van der Waals surface area contributed by atoms with Gasteiger partial charge in [-0.05, 0) is 19.1 Å². The standard InChI is InChI=1S/C19H21N3O5/c1-3-22-14(7-8-20-22)17(23)21-9-13-12-5-4-6-15(26-2)16(12)27-11-19(13,10-21)18(24)25/h4-8,13H,3,9-11H2,1-2H3,(H,24,25)/t13-,19-/m0/s1. The summed E-state index contributed by atoms with van der Waals surface area (Å²) in [4.78, 5) is 26.9. The molecule has 2 atom stereocenters. The molecule has 0 spiro atoms. The van der Waals surface area contributed by atoms with Crippen LogP contribution in [-0.4, -0.2) is 58.5 Å². The number of carboxylic acids is 1. The van der Waals surface area contributed by atoms with Crippen LogP contribution in [0.4, 0.5) is 0 Å². The Kier molecular flexibility index (Phi) is 4.05. The molecule has 8 heteroatoms. The van der Waals surface area contributed by atoms with E-state index in [1.807, 2.05) is 19.1 Å². The van der Waals surface area contributed by atoms with Gasteiger partial charge in [0, 0.05) is 37.3 Å². The zero-order valence-electron chi connectivity index (χ0n) is 15.2. The van der Waals surface area contributed by atoms with Crippen molar-refractivity contribution in [1.82, 2.24) is 14.7 Å². The summed E-state index contributed by atoms with van der Waals surface area (Å²) in [5.74, 6) is -0.403. The predicted molar refractivity (Wildman–Crippen MR) is 95.1 cm³/mol. The highest BCUT2D eigenvalue weighted by Crippen LogP contribution is 2.52. The third kappa shape index (κ3) is 2.47. The average molecular weight is 371 g/mol. The van der Waals surface area contributed by atoms with Gasteiger partial charge in [-0.1, -0.05) is 12.1 Å². The van der Waals surface area contributed by atoms with Gasteiger partial charge in [0.2, 0.25) is 0 Å². The molecule has 1 N–H and O–H groups in total. The quantitative estimate of drug-likeness (QED) is 0.878. The largest absolute Gasteiger partial charge is 0.493 e. The fourth-order valence-corrected chi connectivity index (χ4v) is 4.14. The molecule has 0 aliphatic carbocycles. The summed E-state index contributed by atoms with van der Waals surface area (Å²) >= 11 is 0. The number of hydrogen-bond acceptors (Lipinski definition) is 5. The number of amides is 1. The molecule has 8 nitrogen and oxygen atoms in total. The summed E-state index contributed by atoms with van der Waals surface area (Å²) < 4.78 is 12.8. The van der Waals surface area contributed by atoms with E-state index in [1.54, 1.807) is 35.0 Å². The molecule has 142 valence electrons. The molecule has 1 fully saturated rings. The summed E-state index contributed by atoms with van der Waals surface area (Å²) in [6.45, 7) is 2.87. The number of hydrogen-bond donors (Lipinski definition) is 1. The van der Waals surface area contributed by atoms with Crippen molar-refractivity contribution >= 4 is 11.9 Å². The van der Waals surface area contributed by atoms with Crippen LogP contribution in [0.1, 0.15) is 28.9 Å². The maximum Gasteiger partial charge on any atom is 0.315 e. The Hall–Kier alpha value is -3.03. The Morgan fingerprint density at radius 2 is 2.22 bits per heavy atom. The smallest absolute Gasteiger partial charge is 0.315 e.